The molecule has 154 valence electrons. The summed E-state index contributed by atoms with van der Waals surface area (Å²) >= 11 is 0. The first-order valence-corrected chi connectivity index (χ1v) is 9.55. The summed E-state index contributed by atoms with van der Waals surface area (Å²) in [5.41, 5.74) is 8.90. The number of benzene rings is 1. The van der Waals surface area contributed by atoms with Crippen molar-refractivity contribution in [1.82, 2.24) is 29.4 Å². The summed E-state index contributed by atoms with van der Waals surface area (Å²) in [5.74, 6) is -0.568. The molecule has 2 N–H and O–H groups in total. The fourth-order valence-corrected chi connectivity index (χ4v) is 3.50. The molecule has 0 fully saturated rings. The zero-order valence-corrected chi connectivity index (χ0v) is 16.4. The maximum atomic E-state index is 15.4. The molecule has 1 aromatic carbocycles. The standard InChI is InChI=1S/C22H17F2N7/c1-13(14-2-4-17(23)5-3-14)31-12-16(9-27-31)19-11-26-10-18(21(19)24)15-6-7-30-20(8-15)28-22(25)29-30/h2-13H,1H3,(H2,25,29). The Kier molecular flexibility index (Phi) is 4.43. The number of hydrogen-bond acceptors (Lipinski definition) is 5. The number of fused-ring (bicyclic) bond motifs is 1. The molecule has 0 radical (unpaired) electrons. The molecule has 0 aliphatic rings. The first-order chi connectivity index (χ1) is 15.0. The van der Waals surface area contributed by atoms with Crippen molar-refractivity contribution in [3.8, 4) is 22.3 Å². The zero-order chi connectivity index (χ0) is 21.5. The Hall–Kier alpha value is -4.14. The minimum atomic E-state index is -0.416. The second-order valence-electron chi connectivity index (χ2n) is 7.17. The Morgan fingerprint density at radius 1 is 0.968 bits per heavy atom. The summed E-state index contributed by atoms with van der Waals surface area (Å²) in [4.78, 5) is 8.34. The van der Waals surface area contributed by atoms with Gasteiger partial charge in [-0.05, 0) is 42.3 Å². The summed E-state index contributed by atoms with van der Waals surface area (Å²) in [5, 5.41) is 8.40. The average molecular weight is 417 g/mol. The van der Waals surface area contributed by atoms with Gasteiger partial charge in [-0.3, -0.25) is 9.67 Å². The van der Waals surface area contributed by atoms with Crippen molar-refractivity contribution in [1.29, 1.82) is 0 Å². The molecule has 0 saturated heterocycles. The fraction of sp³-hybridized carbons (Fsp3) is 0.0909. The maximum absolute atomic E-state index is 15.4. The molecule has 4 aromatic heterocycles. The van der Waals surface area contributed by atoms with E-state index >= 15 is 4.39 Å². The first-order valence-electron chi connectivity index (χ1n) is 9.55. The van der Waals surface area contributed by atoms with Crippen molar-refractivity contribution in [2.45, 2.75) is 13.0 Å². The van der Waals surface area contributed by atoms with E-state index in [9.17, 15) is 4.39 Å². The van der Waals surface area contributed by atoms with Gasteiger partial charge >= 0.3 is 0 Å². The number of nitrogen functional groups attached to an aromatic ring is 1. The van der Waals surface area contributed by atoms with Crippen LogP contribution in [0, 0.1) is 11.6 Å². The molecule has 0 aliphatic carbocycles. The molecule has 9 heteroatoms. The van der Waals surface area contributed by atoms with Crippen LogP contribution in [0.4, 0.5) is 14.7 Å². The molecule has 0 saturated carbocycles. The van der Waals surface area contributed by atoms with Gasteiger partial charge in [-0.2, -0.15) is 10.1 Å². The zero-order valence-electron chi connectivity index (χ0n) is 16.4. The van der Waals surface area contributed by atoms with Crippen LogP contribution in [-0.4, -0.2) is 29.4 Å². The van der Waals surface area contributed by atoms with E-state index in [0.29, 0.717) is 27.9 Å². The van der Waals surface area contributed by atoms with Crippen LogP contribution < -0.4 is 5.73 Å². The smallest absolute Gasteiger partial charge is 0.240 e. The highest BCUT2D eigenvalue weighted by Crippen LogP contribution is 2.31. The number of pyridine rings is 2. The fourth-order valence-electron chi connectivity index (χ4n) is 3.50. The van der Waals surface area contributed by atoms with Crippen molar-refractivity contribution in [2.24, 2.45) is 0 Å². The SMILES string of the molecule is CC(c1ccc(F)cc1)n1cc(-c2cncc(-c3ccn4nc(N)nc4c3)c2F)cn1. The topological polar surface area (TPSA) is 86.9 Å². The van der Waals surface area contributed by atoms with Crippen molar-refractivity contribution in [3.63, 3.8) is 0 Å². The third-order valence-electron chi connectivity index (χ3n) is 5.21. The van der Waals surface area contributed by atoms with E-state index in [1.807, 2.05) is 6.92 Å². The lowest BCUT2D eigenvalue weighted by atomic mass is 10.0. The van der Waals surface area contributed by atoms with Crippen LogP contribution in [0.1, 0.15) is 18.5 Å². The van der Waals surface area contributed by atoms with Crippen LogP contribution in [0.3, 0.4) is 0 Å². The third-order valence-corrected chi connectivity index (χ3v) is 5.21. The van der Waals surface area contributed by atoms with Gasteiger partial charge in [0.2, 0.25) is 5.95 Å². The van der Waals surface area contributed by atoms with Gasteiger partial charge < -0.3 is 5.73 Å². The normalized spacial score (nSPS) is 12.4. The van der Waals surface area contributed by atoms with Gasteiger partial charge in [-0.15, -0.1) is 5.10 Å². The van der Waals surface area contributed by atoms with E-state index < -0.39 is 5.82 Å². The van der Waals surface area contributed by atoms with Crippen LogP contribution in [-0.2, 0) is 0 Å². The molecule has 4 heterocycles. The van der Waals surface area contributed by atoms with Gasteiger partial charge in [-0.1, -0.05) is 12.1 Å². The molecule has 1 unspecified atom stereocenters. The molecular weight excluding hydrogens is 400 g/mol. The van der Waals surface area contributed by atoms with E-state index in [4.69, 9.17) is 5.73 Å². The lowest BCUT2D eigenvalue weighted by molar-refractivity contribution is 0.561. The van der Waals surface area contributed by atoms with Crippen molar-refractivity contribution < 1.29 is 8.78 Å². The van der Waals surface area contributed by atoms with Gasteiger partial charge in [0.25, 0.3) is 0 Å². The highest BCUT2D eigenvalue weighted by molar-refractivity contribution is 5.74. The number of nitrogens with two attached hydrogens (primary N) is 1. The van der Waals surface area contributed by atoms with Gasteiger partial charge in [0, 0.05) is 41.5 Å². The number of aromatic nitrogens is 6. The maximum Gasteiger partial charge on any atom is 0.240 e. The van der Waals surface area contributed by atoms with Gasteiger partial charge in [-0.25, -0.2) is 13.3 Å². The number of hydrogen-bond donors (Lipinski definition) is 1. The lowest BCUT2D eigenvalue weighted by Gasteiger charge is -2.12. The minimum absolute atomic E-state index is 0.144. The Balaban J connectivity index is 1.50. The summed E-state index contributed by atoms with van der Waals surface area (Å²) in [6.07, 6.45) is 7.95. The van der Waals surface area contributed by atoms with Gasteiger partial charge in [0.1, 0.15) is 11.6 Å². The molecule has 0 spiro atoms. The quantitative estimate of drug-likeness (QED) is 0.475. The largest absolute Gasteiger partial charge is 0.366 e. The molecule has 5 aromatic rings. The van der Waals surface area contributed by atoms with E-state index in [-0.39, 0.29) is 17.8 Å². The second kappa shape index (κ2) is 7.28. The van der Waals surface area contributed by atoms with Crippen molar-refractivity contribution >= 4 is 11.6 Å². The Bertz CT molecular complexity index is 1390. The summed E-state index contributed by atoms with van der Waals surface area (Å²) in [7, 11) is 0. The lowest BCUT2D eigenvalue weighted by Crippen LogP contribution is -2.06. The molecular formula is C22H17F2N7. The summed E-state index contributed by atoms with van der Waals surface area (Å²) in [6.45, 7) is 1.94. The third kappa shape index (κ3) is 3.39. The number of anilines is 1. The van der Waals surface area contributed by atoms with E-state index in [1.54, 1.807) is 47.5 Å². The van der Waals surface area contributed by atoms with Crippen LogP contribution in [0.25, 0.3) is 27.9 Å². The highest BCUT2D eigenvalue weighted by Gasteiger charge is 2.17. The number of nitrogens with zero attached hydrogens (tertiary/aromatic N) is 6. The monoisotopic (exact) mass is 417 g/mol. The van der Waals surface area contributed by atoms with Crippen LogP contribution in [0.2, 0.25) is 0 Å². The molecule has 0 aliphatic heterocycles. The van der Waals surface area contributed by atoms with Crippen molar-refractivity contribution in [2.75, 3.05) is 5.73 Å². The first kappa shape index (κ1) is 18.9. The Morgan fingerprint density at radius 3 is 2.48 bits per heavy atom. The second-order valence-corrected chi connectivity index (χ2v) is 7.17. The minimum Gasteiger partial charge on any atom is -0.366 e. The highest BCUT2D eigenvalue weighted by atomic mass is 19.1. The number of halogens is 2. The predicted molar refractivity (Wildman–Crippen MR) is 112 cm³/mol. The molecule has 31 heavy (non-hydrogen) atoms. The summed E-state index contributed by atoms with van der Waals surface area (Å²) in [6, 6.07) is 9.51. The molecule has 0 amide bonds. The molecule has 0 bridgehead atoms. The van der Waals surface area contributed by atoms with Crippen LogP contribution in [0.5, 0.6) is 0 Å². The van der Waals surface area contributed by atoms with E-state index in [0.717, 1.165) is 5.56 Å². The van der Waals surface area contributed by atoms with E-state index in [1.165, 1.54) is 29.0 Å². The molecule has 5 rings (SSSR count). The molecule has 1 atom stereocenters. The van der Waals surface area contributed by atoms with Gasteiger partial charge in [0.15, 0.2) is 5.65 Å². The Labute approximate surface area is 175 Å². The number of rotatable bonds is 4. The molecule has 7 nitrogen and oxygen atoms in total. The van der Waals surface area contributed by atoms with Gasteiger partial charge in [0.05, 0.1) is 12.2 Å². The van der Waals surface area contributed by atoms with Crippen LogP contribution >= 0.6 is 0 Å². The predicted octanol–water partition coefficient (Wildman–Crippen LogP) is 4.12. The average Bonchev–Trinajstić information content (AvgIpc) is 3.39. The summed E-state index contributed by atoms with van der Waals surface area (Å²) < 4.78 is 31.9. The van der Waals surface area contributed by atoms with E-state index in [2.05, 4.69) is 20.2 Å². The Morgan fingerprint density at radius 2 is 1.71 bits per heavy atom. The van der Waals surface area contributed by atoms with Crippen LogP contribution in [0.15, 0.2) is 67.4 Å². The van der Waals surface area contributed by atoms with Crippen molar-refractivity contribution in [3.05, 3.63) is 84.6 Å².